The summed E-state index contributed by atoms with van der Waals surface area (Å²) in [6, 6.07) is 14.3. The molecule has 0 aliphatic carbocycles. The maximum Gasteiger partial charge on any atom is 0.410 e. The molecular weight excluding hydrogens is 478 g/mol. The zero-order valence-electron chi connectivity index (χ0n) is 21.8. The third-order valence-corrected chi connectivity index (χ3v) is 6.89. The van der Waals surface area contributed by atoms with Crippen molar-refractivity contribution in [3.63, 3.8) is 0 Å². The van der Waals surface area contributed by atoms with Crippen molar-refractivity contribution in [2.75, 3.05) is 13.2 Å². The second kappa shape index (κ2) is 9.52. The summed E-state index contributed by atoms with van der Waals surface area (Å²) in [5.74, 6) is 0.650. The maximum absolute atomic E-state index is 12.8. The van der Waals surface area contributed by atoms with Gasteiger partial charge < -0.3 is 24.3 Å². The molecule has 5 aromatic rings. The molecule has 1 atom stereocenters. The molecule has 38 heavy (non-hydrogen) atoms. The molecule has 194 valence electrons. The highest BCUT2D eigenvalue weighted by atomic mass is 16.6. The molecule has 2 N–H and O–H groups in total. The molecule has 0 radical (unpaired) electrons. The largest absolute Gasteiger partial charge is 0.489 e. The first-order valence-electron chi connectivity index (χ1n) is 13.0. The van der Waals surface area contributed by atoms with E-state index in [2.05, 4.69) is 39.2 Å². The van der Waals surface area contributed by atoms with Crippen molar-refractivity contribution in [2.45, 2.75) is 45.3 Å². The van der Waals surface area contributed by atoms with Gasteiger partial charge >= 0.3 is 6.09 Å². The Bertz CT molecular complexity index is 1610. The summed E-state index contributed by atoms with van der Waals surface area (Å²) >= 11 is 0. The Kier molecular flexibility index (Phi) is 6.02. The van der Waals surface area contributed by atoms with Crippen LogP contribution >= 0.6 is 0 Å². The van der Waals surface area contributed by atoms with E-state index in [9.17, 15) is 4.79 Å². The Labute approximate surface area is 221 Å². The topological polar surface area (TPSA) is 96.1 Å². The Morgan fingerprint density at radius 2 is 2.03 bits per heavy atom. The number of aromatic nitrogens is 4. The number of nitrogens with one attached hydrogen (secondary N) is 2. The number of H-pyrrole nitrogens is 2. The molecule has 8 heteroatoms. The number of fused-ring (bicyclic) bond motifs is 2. The van der Waals surface area contributed by atoms with Gasteiger partial charge in [0.05, 0.1) is 29.0 Å². The number of likely N-dealkylation sites (tertiary alicyclic amines) is 1. The summed E-state index contributed by atoms with van der Waals surface area (Å²) in [6.07, 6.45) is 8.76. The van der Waals surface area contributed by atoms with Gasteiger partial charge in [-0.3, -0.25) is 9.97 Å². The minimum Gasteiger partial charge on any atom is -0.489 e. The highest BCUT2D eigenvalue weighted by molar-refractivity contribution is 6.03. The highest BCUT2D eigenvalue weighted by Crippen LogP contribution is 2.41. The van der Waals surface area contributed by atoms with E-state index in [1.54, 1.807) is 17.3 Å². The highest BCUT2D eigenvalue weighted by Gasteiger charge is 2.33. The molecule has 1 saturated heterocycles. The summed E-state index contributed by atoms with van der Waals surface area (Å²) in [5, 5.41) is 1.15. The number of hydrogen-bond donors (Lipinski definition) is 2. The van der Waals surface area contributed by atoms with Crippen LogP contribution in [0.3, 0.4) is 0 Å². The first-order chi connectivity index (χ1) is 18.4. The zero-order chi connectivity index (χ0) is 26.3. The van der Waals surface area contributed by atoms with E-state index in [-0.39, 0.29) is 12.1 Å². The molecule has 1 aliphatic rings. The van der Waals surface area contributed by atoms with Gasteiger partial charge in [-0.05, 0) is 74.9 Å². The number of amides is 1. The third kappa shape index (κ3) is 4.58. The van der Waals surface area contributed by atoms with Gasteiger partial charge in [-0.2, -0.15) is 0 Å². The van der Waals surface area contributed by atoms with Crippen LogP contribution in [-0.4, -0.2) is 55.7 Å². The average Bonchev–Trinajstić information content (AvgIpc) is 3.64. The van der Waals surface area contributed by atoms with Crippen molar-refractivity contribution in [3.05, 3.63) is 67.3 Å². The number of benzene rings is 1. The fourth-order valence-corrected chi connectivity index (χ4v) is 5.16. The number of carbonyl (C=O) groups is 1. The van der Waals surface area contributed by atoms with Crippen molar-refractivity contribution >= 4 is 28.0 Å². The monoisotopic (exact) mass is 509 g/mol. The Morgan fingerprint density at radius 3 is 2.89 bits per heavy atom. The molecule has 1 aromatic carbocycles. The molecule has 0 bridgehead atoms. The van der Waals surface area contributed by atoms with Crippen molar-refractivity contribution in [1.82, 2.24) is 24.8 Å². The van der Waals surface area contributed by atoms with Crippen LogP contribution in [0.1, 0.15) is 33.6 Å². The normalized spacial score (nSPS) is 15.9. The fraction of sp³-hybridized carbons (Fsp3) is 0.300. The lowest BCUT2D eigenvalue weighted by Gasteiger charge is -2.28. The van der Waals surface area contributed by atoms with Crippen LogP contribution in [0.5, 0.6) is 5.75 Å². The summed E-state index contributed by atoms with van der Waals surface area (Å²) < 4.78 is 12.0. The number of carbonyl (C=O) groups excluding carboxylic acids is 1. The molecule has 0 spiro atoms. The number of hydrogen-bond acceptors (Lipinski definition) is 5. The van der Waals surface area contributed by atoms with Gasteiger partial charge in [-0.1, -0.05) is 12.1 Å². The van der Waals surface area contributed by atoms with Gasteiger partial charge in [0.1, 0.15) is 18.0 Å². The van der Waals surface area contributed by atoms with Crippen LogP contribution in [0.25, 0.3) is 44.3 Å². The molecule has 0 unspecified atom stereocenters. The van der Waals surface area contributed by atoms with Crippen LogP contribution in [-0.2, 0) is 4.74 Å². The summed E-state index contributed by atoms with van der Waals surface area (Å²) in [7, 11) is 0. The molecule has 0 saturated carbocycles. The lowest BCUT2D eigenvalue weighted by atomic mass is 9.99. The number of aromatic amines is 2. The molecule has 6 rings (SSSR count). The number of pyridine rings is 2. The maximum atomic E-state index is 12.8. The lowest BCUT2D eigenvalue weighted by Crippen LogP contribution is -2.42. The second-order valence-corrected chi connectivity index (χ2v) is 10.7. The molecule has 1 amide bonds. The SMILES string of the molecule is CC(C)(C)OC(=O)N1CCC[C@H]1COc1cnccc1-c1[nH]c2cccnc2c1-c1ccc2cc[nH]c2c1. The quantitative estimate of drug-likeness (QED) is 0.280. The first-order valence-corrected chi connectivity index (χ1v) is 13.0. The number of rotatable bonds is 5. The molecule has 4 aromatic heterocycles. The Hall–Kier alpha value is -4.33. The van der Waals surface area contributed by atoms with E-state index in [1.165, 1.54) is 0 Å². The first kappa shape index (κ1) is 24.0. The van der Waals surface area contributed by atoms with Crippen molar-refractivity contribution < 1.29 is 14.3 Å². The number of ether oxygens (including phenoxy) is 2. The van der Waals surface area contributed by atoms with Crippen LogP contribution in [0.4, 0.5) is 4.79 Å². The predicted octanol–water partition coefficient (Wildman–Crippen LogP) is 6.55. The standard InChI is InChI=1S/C30H31N5O3/c1-30(2,3)38-29(36)35-15-5-6-21(35)18-37-25-17-31-13-11-22(25)27-26(28-23(34-27)7-4-12-33-28)20-9-8-19-10-14-32-24(19)16-20/h4,7-14,16-17,21,32,34H,5-6,15,18H2,1-3H3/t21-/m0/s1. The van der Waals surface area contributed by atoms with Gasteiger partial charge in [0.25, 0.3) is 0 Å². The zero-order valence-corrected chi connectivity index (χ0v) is 21.8. The van der Waals surface area contributed by atoms with Crippen LogP contribution in [0.15, 0.2) is 67.3 Å². The van der Waals surface area contributed by atoms with Crippen LogP contribution in [0.2, 0.25) is 0 Å². The Morgan fingerprint density at radius 1 is 1.13 bits per heavy atom. The van der Waals surface area contributed by atoms with Gasteiger partial charge in [0.15, 0.2) is 0 Å². The minimum atomic E-state index is -0.537. The van der Waals surface area contributed by atoms with Crippen molar-refractivity contribution in [2.24, 2.45) is 0 Å². The summed E-state index contributed by atoms with van der Waals surface area (Å²) in [5.41, 5.74) is 6.22. The van der Waals surface area contributed by atoms with E-state index in [1.807, 2.05) is 51.4 Å². The van der Waals surface area contributed by atoms with E-state index < -0.39 is 5.60 Å². The predicted molar refractivity (Wildman–Crippen MR) is 148 cm³/mol. The summed E-state index contributed by atoms with van der Waals surface area (Å²) in [6.45, 7) is 6.68. The van der Waals surface area contributed by atoms with Gasteiger partial charge in [-0.25, -0.2) is 4.79 Å². The average molecular weight is 510 g/mol. The van der Waals surface area contributed by atoms with Crippen molar-refractivity contribution in [3.8, 4) is 28.1 Å². The summed E-state index contributed by atoms with van der Waals surface area (Å²) in [4.78, 5) is 30.5. The van der Waals surface area contributed by atoms with Gasteiger partial charge in [0, 0.05) is 41.8 Å². The van der Waals surface area contributed by atoms with E-state index in [0.29, 0.717) is 18.9 Å². The Balaban J connectivity index is 1.35. The fourth-order valence-electron chi connectivity index (χ4n) is 5.16. The molecule has 8 nitrogen and oxygen atoms in total. The lowest BCUT2D eigenvalue weighted by molar-refractivity contribution is 0.0187. The van der Waals surface area contributed by atoms with E-state index in [0.717, 1.165) is 57.2 Å². The molecule has 5 heterocycles. The smallest absolute Gasteiger partial charge is 0.410 e. The van der Waals surface area contributed by atoms with E-state index >= 15 is 0 Å². The van der Waals surface area contributed by atoms with E-state index in [4.69, 9.17) is 14.5 Å². The van der Waals surface area contributed by atoms with Crippen molar-refractivity contribution in [1.29, 1.82) is 0 Å². The van der Waals surface area contributed by atoms with Crippen LogP contribution in [0, 0.1) is 0 Å². The second-order valence-electron chi connectivity index (χ2n) is 10.7. The molecule has 1 fully saturated rings. The van der Waals surface area contributed by atoms with Crippen LogP contribution < -0.4 is 4.74 Å². The van der Waals surface area contributed by atoms with Gasteiger partial charge in [0.2, 0.25) is 0 Å². The minimum absolute atomic E-state index is 0.0583. The third-order valence-electron chi connectivity index (χ3n) is 6.89. The molecular formula is C30H31N5O3. The number of nitrogens with zero attached hydrogens (tertiary/aromatic N) is 3. The molecule has 1 aliphatic heterocycles. The van der Waals surface area contributed by atoms with Gasteiger partial charge in [-0.15, -0.1) is 0 Å².